The van der Waals surface area contributed by atoms with Gasteiger partial charge in [0.1, 0.15) is 44.1 Å². The van der Waals surface area contributed by atoms with E-state index in [9.17, 15) is 39.0 Å². The molecule has 4 saturated carbocycles. The summed E-state index contributed by atoms with van der Waals surface area (Å²) >= 11 is 0. The molecule has 0 aliphatic heterocycles. The highest BCUT2D eigenvalue weighted by molar-refractivity contribution is 5.95. The van der Waals surface area contributed by atoms with Crippen molar-refractivity contribution >= 4 is 53.5 Å². The summed E-state index contributed by atoms with van der Waals surface area (Å²) < 4.78 is 27.8. The van der Waals surface area contributed by atoms with E-state index in [1.807, 2.05) is 72.8 Å². The number of benzene rings is 3. The second-order valence-corrected chi connectivity index (χ2v) is 25.8. The molecule has 6 N–H and O–H groups in total. The maximum absolute atomic E-state index is 13.0. The van der Waals surface area contributed by atoms with Gasteiger partial charge < -0.3 is 55.0 Å². The van der Waals surface area contributed by atoms with Crippen LogP contribution in [0.4, 0.5) is 0 Å². The van der Waals surface area contributed by atoms with Gasteiger partial charge in [-0.15, -0.1) is 0 Å². The molecule has 17 nitrogen and oxygen atoms in total. The first-order chi connectivity index (χ1) is 43.8. The van der Waals surface area contributed by atoms with Gasteiger partial charge in [0.25, 0.3) is 0 Å². The lowest BCUT2D eigenvalue weighted by molar-refractivity contribution is -0.153. The molecule has 0 amide bonds. The molecule has 4 aliphatic rings. The van der Waals surface area contributed by atoms with E-state index >= 15 is 0 Å². The van der Waals surface area contributed by atoms with E-state index in [-0.39, 0.29) is 60.5 Å². The van der Waals surface area contributed by atoms with Crippen LogP contribution in [-0.2, 0) is 72.1 Å². The Morgan fingerprint density at radius 3 is 1.05 bits per heavy atom. The molecule has 3 aromatic carbocycles. The summed E-state index contributed by atoms with van der Waals surface area (Å²) in [4.78, 5) is 71.4. The Bertz CT molecular complexity index is 2680. The predicted octanol–water partition coefficient (Wildman–Crippen LogP) is 12.6. The smallest absolute Gasteiger partial charge is 0.323 e. The van der Waals surface area contributed by atoms with Gasteiger partial charge in [-0.05, 0) is 159 Å². The van der Waals surface area contributed by atoms with Crippen molar-refractivity contribution < 1.29 is 67.8 Å². The van der Waals surface area contributed by atoms with Crippen LogP contribution >= 0.6 is 0 Å². The monoisotopic (exact) mass is 1260 g/mol. The van der Waals surface area contributed by atoms with Gasteiger partial charge in [0.15, 0.2) is 29.9 Å². The fourth-order valence-corrected chi connectivity index (χ4v) is 11.8. The van der Waals surface area contributed by atoms with Gasteiger partial charge in [0, 0.05) is 19.6 Å². The van der Waals surface area contributed by atoms with Crippen molar-refractivity contribution in [3.63, 3.8) is 0 Å². The molecule has 3 aromatic rings. The highest BCUT2D eigenvalue weighted by Gasteiger charge is 2.33. The summed E-state index contributed by atoms with van der Waals surface area (Å²) in [6.07, 6.45) is 29.8. The molecule has 0 saturated heterocycles. The first-order valence-electron chi connectivity index (χ1n) is 33.7. The topological polar surface area (TPSA) is 245 Å². The molecule has 502 valence electrons. The van der Waals surface area contributed by atoms with Crippen LogP contribution in [0.15, 0.2) is 91.0 Å². The number of hydrogen-bond acceptors (Lipinski definition) is 15. The highest BCUT2D eigenvalue weighted by atomic mass is 16.7. The van der Waals surface area contributed by atoms with Crippen molar-refractivity contribution in [2.45, 2.75) is 220 Å². The molecule has 7 rings (SSSR count). The molecular weight excluding hydrogens is 1150 g/mol. The van der Waals surface area contributed by atoms with E-state index in [1.54, 1.807) is 38.2 Å². The van der Waals surface area contributed by atoms with E-state index in [0.717, 1.165) is 123 Å². The molecular formula is C74H107N3O14. The Morgan fingerprint density at radius 2 is 0.736 bits per heavy atom. The van der Waals surface area contributed by atoms with Crippen LogP contribution in [0.1, 0.15) is 197 Å². The Hall–Kier alpha value is -6.02. The van der Waals surface area contributed by atoms with Crippen LogP contribution in [0.25, 0.3) is 18.2 Å². The number of carboxylic acid groups (broad SMARTS) is 2. The van der Waals surface area contributed by atoms with Gasteiger partial charge in [-0.2, -0.15) is 0 Å². The lowest BCUT2D eigenvalue weighted by Crippen LogP contribution is -2.45. The van der Waals surface area contributed by atoms with Crippen molar-refractivity contribution in [3.8, 4) is 0 Å². The number of hydrogen-bond donors (Lipinski definition) is 6. The third-order valence-electron chi connectivity index (χ3n) is 17.0. The van der Waals surface area contributed by atoms with Crippen molar-refractivity contribution in [3.05, 3.63) is 124 Å². The van der Waals surface area contributed by atoms with Gasteiger partial charge in [0.05, 0.1) is 13.2 Å². The molecule has 4 fully saturated rings. The summed E-state index contributed by atoms with van der Waals surface area (Å²) in [7, 11) is 0. The minimum Gasteiger partial charge on any atom is -0.480 e. The molecule has 17 heteroatoms. The number of aliphatic carboxylic acids is 2. The van der Waals surface area contributed by atoms with Crippen LogP contribution in [0, 0.1) is 29.6 Å². The average Bonchev–Trinajstić information content (AvgIpc) is 4.32. The quantitative estimate of drug-likeness (QED) is 0.0182. The van der Waals surface area contributed by atoms with Gasteiger partial charge in [-0.1, -0.05) is 177 Å². The Balaban J connectivity index is 0.000000253. The fourth-order valence-electron chi connectivity index (χ4n) is 11.8. The summed E-state index contributed by atoms with van der Waals surface area (Å²) in [5.41, 5.74) is 5.84. The minimum absolute atomic E-state index is 0.00270. The van der Waals surface area contributed by atoms with Crippen LogP contribution < -0.4 is 16.0 Å². The van der Waals surface area contributed by atoms with Crippen molar-refractivity contribution in [1.29, 1.82) is 0 Å². The summed E-state index contributed by atoms with van der Waals surface area (Å²) in [6.45, 7) is 14.2. The number of nitrogens with one attached hydrogen (secondary N) is 3. The molecule has 0 radical (unpaired) electrons. The van der Waals surface area contributed by atoms with Crippen molar-refractivity contribution in [2.75, 3.05) is 33.0 Å². The van der Waals surface area contributed by atoms with Crippen LogP contribution in [0.2, 0.25) is 0 Å². The molecule has 0 heterocycles. The third kappa shape index (κ3) is 31.0. The van der Waals surface area contributed by atoms with Crippen molar-refractivity contribution in [2.24, 2.45) is 29.6 Å². The number of ketones is 3. The lowest BCUT2D eigenvalue weighted by atomic mass is 9.83. The predicted molar refractivity (Wildman–Crippen MR) is 356 cm³/mol. The number of rotatable bonds is 35. The number of aliphatic hydroxyl groups is 1. The van der Waals surface area contributed by atoms with Gasteiger partial charge in [-0.25, -0.2) is 0 Å². The number of carbonyl (C=O) groups is 6. The molecule has 0 bridgehead atoms. The van der Waals surface area contributed by atoms with E-state index in [4.69, 9.17) is 28.8 Å². The van der Waals surface area contributed by atoms with Crippen molar-refractivity contribution in [1.82, 2.24) is 16.0 Å². The van der Waals surface area contributed by atoms with Gasteiger partial charge in [-0.3, -0.25) is 28.8 Å². The zero-order chi connectivity index (χ0) is 65.8. The molecule has 91 heavy (non-hydrogen) atoms. The molecule has 2 unspecified atom stereocenters. The summed E-state index contributed by atoms with van der Waals surface area (Å²) in [5, 5.41) is 37.6. The first-order valence-corrected chi connectivity index (χ1v) is 33.7. The van der Waals surface area contributed by atoms with E-state index in [0.29, 0.717) is 50.6 Å². The summed E-state index contributed by atoms with van der Waals surface area (Å²) in [6, 6.07) is 22.1. The second kappa shape index (κ2) is 43.0. The largest absolute Gasteiger partial charge is 0.480 e. The number of aliphatic hydroxyl groups excluding tert-OH is 1. The molecule has 4 aliphatic carbocycles. The Morgan fingerprint density at radius 1 is 0.429 bits per heavy atom. The highest BCUT2D eigenvalue weighted by Crippen LogP contribution is 2.31. The SMILES string of the molecule is CC(C)COC(C)OCC(=O)/C=C/c1ccc(CN[C@H](C(=O)O)C2CCCCC2)cc1.CC(C)COC(C)OCC(=O)/C=C/c1ccc(CN[C@H](C(=O)OC2CCCC2)C2CCCCC2)cc1.O=C(/C=C/c1ccc(CN[C@H](C(=O)O)C2CCCCC2)cc1)CO. The lowest BCUT2D eigenvalue weighted by Gasteiger charge is -2.30. The normalized spacial score (nSPS) is 17.9. The minimum atomic E-state index is -0.774. The van der Waals surface area contributed by atoms with E-state index in [2.05, 4.69) is 43.6 Å². The number of carbonyl (C=O) groups excluding carboxylic acids is 4. The van der Waals surface area contributed by atoms with Gasteiger partial charge in [0.2, 0.25) is 0 Å². The first kappa shape index (κ1) is 75.7. The average molecular weight is 1260 g/mol. The zero-order valence-corrected chi connectivity index (χ0v) is 55.2. The van der Waals surface area contributed by atoms with Crippen LogP contribution in [0.3, 0.4) is 0 Å². The third-order valence-corrected chi connectivity index (χ3v) is 17.0. The molecule has 0 aromatic heterocycles. The second-order valence-electron chi connectivity index (χ2n) is 25.8. The fraction of sp³-hybridized carbons (Fsp3) is 0.595. The Kier molecular flexibility index (Phi) is 35.8. The molecule has 0 spiro atoms. The maximum atomic E-state index is 13.0. The molecule has 5 atom stereocenters. The number of carboxylic acids is 2. The standard InChI is InChI=1S/C30H45NO5.C25H37NO5.C19H25NO4/c1-22(2)20-34-23(3)35-21-27(32)18-17-24-13-15-25(16-14-24)19-31-29(26-9-5-4-6-10-26)30(33)36-28-11-7-8-12-28;1-18(2)16-30-19(3)31-17-23(27)14-13-20-9-11-21(12-10-20)15-26-24(25(28)29)22-7-5-4-6-8-22;21-13-17(22)11-10-14-6-8-15(9-7-14)12-20-18(19(23)24)16-4-2-1-3-5-16/h13-18,22-23,26,28-29,31H,4-12,19-21H2,1-3H3;9-14,18-19,22,24,26H,4-8,15-17H2,1-3H3,(H,28,29);6-11,16,18,20-21H,1-5,12-13H2,(H,23,24)/b18-17+;14-13+;11-10+/t23?,29-;19?,24-;18-/m000/s1. The Labute approximate surface area is 541 Å². The zero-order valence-electron chi connectivity index (χ0n) is 55.2. The van der Waals surface area contributed by atoms with E-state index < -0.39 is 43.2 Å². The number of ether oxygens (including phenoxy) is 5. The summed E-state index contributed by atoms with van der Waals surface area (Å²) in [5.74, 6) is -0.560. The van der Waals surface area contributed by atoms with Crippen LogP contribution in [0.5, 0.6) is 0 Å². The van der Waals surface area contributed by atoms with Gasteiger partial charge >= 0.3 is 17.9 Å². The van der Waals surface area contributed by atoms with E-state index in [1.165, 1.54) is 44.3 Å². The van der Waals surface area contributed by atoms with Crippen LogP contribution in [-0.4, -0.2) is 120 Å². The maximum Gasteiger partial charge on any atom is 0.323 e. The number of esters is 1.